The molecule has 0 aromatic heterocycles. The van der Waals surface area contributed by atoms with Gasteiger partial charge in [-0.05, 0) is 0 Å². The van der Waals surface area contributed by atoms with E-state index in [1.54, 1.807) is 5.20 Å². The Kier molecular flexibility index (Phi) is 9.87. The summed E-state index contributed by atoms with van der Waals surface area (Å²) in [6.45, 7) is 17.3. The smallest absolute Gasteiger partial charge is 1.00 e. The molecule has 2 aliphatic rings. The van der Waals surface area contributed by atoms with Crippen molar-refractivity contribution in [2.24, 2.45) is 0 Å². The van der Waals surface area contributed by atoms with Crippen molar-refractivity contribution in [3.8, 4) is 0 Å². The molecule has 0 saturated carbocycles. The number of hydrogen-bond donors (Lipinski definition) is 0. The molecule has 0 aliphatic heterocycles. The number of rotatable bonds is 6. The molecular formula is C28H35Cl2OSi2Zr. The molecule has 0 N–H and O–H groups in total. The van der Waals surface area contributed by atoms with Gasteiger partial charge < -0.3 is 24.8 Å². The summed E-state index contributed by atoms with van der Waals surface area (Å²) in [7, 11) is -2.97. The van der Waals surface area contributed by atoms with Crippen LogP contribution in [-0.4, -0.2) is 23.0 Å². The monoisotopic (exact) mass is 603 g/mol. The van der Waals surface area contributed by atoms with Crippen LogP contribution < -0.4 is 35.3 Å². The topological polar surface area (TPSA) is 9.23 Å². The maximum atomic E-state index is 6.22. The van der Waals surface area contributed by atoms with Gasteiger partial charge in [-0.25, -0.2) is 0 Å². The third-order valence-electron chi connectivity index (χ3n) is 6.72. The zero-order chi connectivity index (χ0) is 23.3. The van der Waals surface area contributed by atoms with Crippen molar-refractivity contribution in [1.82, 2.24) is 0 Å². The molecule has 0 fully saturated rings. The molecule has 2 aromatic rings. The molecule has 0 amide bonds. The van der Waals surface area contributed by atoms with Crippen molar-refractivity contribution >= 4 is 30.8 Å². The third kappa shape index (κ3) is 5.90. The van der Waals surface area contributed by atoms with Gasteiger partial charge in [0, 0.05) is 0 Å². The average Bonchev–Trinajstić information content (AvgIpc) is 3.31. The van der Waals surface area contributed by atoms with Gasteiger partial charge in [-0.3, -0.25) is 0 Å². The molecule has 179 valence electrons. The van der Waals surface area contributed by atoms with Crippen molar-refractivity contribution in [2.75, 3.05) is 6.61 Å². The van der Waals surface area contributed by atoms with Crippen LogP contribution >= 0.6 is 0 Å². The van der Waals surface area contributed by atoms with Gasteiger partial charge in [0.1, 0.15) is 0 Å². The maximum Gasteiger partial charge on any atom is -1.00 e. The van der Waals surface area contributed by atoms with Gasteiger partial charge in [-0.15, -0.1) is 0 Å². The van der Waals surface area contributed by atoms with Crippen LogP contribution in [0.3, 0.4) is 0 Å². The van der Waals surface area contributed by atoms with Gasteiger partial charge >= 0.3 is 211 Å². The molecule has 2 aromatic carbocycles. The largest absolute Gasteiger partial charge is 1.00 e. The van der Waals surface area contributed by atoms with E-state index in [9.17, 15) is 0 Å². The SMILES string of the molecule is CC(C)=c1ccc2c(c1C1=CC([Si](C)(C)CCO[Si](C)(C)C)=CC1)[C]([Zr+2])=c1ccccc1=2.[Cl-].[Cl-]. The third-order valence-corrected chi connectivity index (χ3v) is 12.4. The summed E-state index contributed by atoms with van der Waals surface area (Å²) in [5.41, 5.74) is 5.88. The normalized spacial score (nSPS) is 14.6. The average molecular weight is 606 g/mol. The van der Waals surface area contributed by atoms with E-state index in [2.05, 4.69) is 95.1 Å². The Morgan fingerprint density at radius 3 is 2.15 bits per heavy atom. The Hall–Kier alpha value is -0.483. The van der Waals surface area contributed by atoms with E-state index in [1.807, 2.05) is 0 Å². The molecule has 34 heavy (non-hydrogen) atoms. The molecule has 0 saturated heterocycles. The minimum atomic E-state index is -1.52. The van der Waals surface area contributed by atoms with Gasteiger partial charge in [0.2, 0.25) is 0 Å². The molecule has 0 spiro atoms. The van der Waals surface area contributed by atoms with Crippen molar-refractivity contribution in [1.29, 1.82) is 0 Å². The fourth-order valence-corrected chi connectivity index (χ4v) is 9.05. The van der Waals surface area contributed by atoms with Crippen LogP contribution in [0.2, 0.25) is 38.8 Å². The van der Waals surface area contributed by atoms with E-state index in [0.717, 1.165) is 13.0 Å². The van der Waals surface area contributed by atoms with Gasteiger partial charge in [0.15, 0.2) is 0 Å². The molecule has 0 atom stereocenters. The van der Waals surface area contributed by atoms with Crippen LogP contribution in [0, 0.1) is 10.4 Å². The quantitative estimate of drug-likeness (QED) is 0.422. The Balaban J connectivity index is 0.00000204. The van der Waals surface area contributed by atoms with Crippen molar-refractivity contribution in [3.05, 3.63) is 85.7 Å². The van der Waals surface area contributed by atoms with E-state index >= 15 is 0 Å². The minimum absolute atomic E-state index is 0. The van der Waals surface area contributed by atoms with E-state index < -0.39 is 16.4 Å². The second-order valence-electron chi connectivity index (χ2n) is 11.0. The number of halogens is 2. The van der Waals surface area contributed by atoms with Crippen LogP contribution in [0.4, 0.5) is 0 Å². The fourth-order valence-electron chi connectivity index (χ4n) is 4.84. The van der Waals surface area contributed by atoms with Crippen LogP contribution in [0.5, 0.6) is 0 Å². The van der Waals surface area contributed by atoms with Crippen LogP contribution in [-0.2, 0) is 29.1 Å². The Morgan fingerprint density at radius 2 is 1.53 bits per heavy atom. The van der Waals surface area contributed by atoms with E-state index in [4.69, 9.17) is 4.43 Å². The maximum absolute atomic E-state index is 6.22. The zero-order valence-corrected chi connectivity index (χ0v) is 27.4. The summed E-state index contributed by atoms with van der Waals surface area (Å²) >= 11 is 1.50. The molecule has 0 bridgehead atoms. The van der Waals surface area contributed by atoms with Gasteiger partial charge in [-0.2, -0.15) is 0 Å². The van der Waals surface area contributed by atoms with E-state index in [-0.39, 0.29) is 24.8 Å². The summed E-state index contributed by atoms with van der Waals surface area (Å²) in [6, 6.07) is 14.9. The van der Waals surface area contributed by atoms with E-state index in [0.29, 0.717) is 0 Å². The Labute approximate surface area is 234 Å². The first-order chi connectivity index (χ1) is 15.0. The molecule has 1 nitrogen and oxygen atoms in total. The second kappa shape index (κ2) is 11.3. The molecule has 6 heteroatoms. The fraction of sp³-hybridized carbons (Fsp3) is 0.357. The van der Waals surface area contributed by atoms with Crippen LogP contribution in [0.25, 0.3) is 14.4 Å². The molecular weight excluding hydrogens is 571 g/mol. The predicted molar refractivity (Wildman–Crippen MR) is 139 cm³/mol. The van der Waals surface area contributed by atoms with Crippen molar-refractivity contribution < 1.29 is 54.0 Å². The Morgan fingerprint density at radius 1 is 0.882 bits per heavy atom. The van der Waals surface area contributed by atoms with Gasteiger partial charge in [-0.1, -0.05) is 0 Å². The molecule has 0 radical (unpaired) electrons. The zero-order valence-electron chi connectivity index (χ0n) is 21.4. The summed E-state index contributed by atoms with van der Waals surface area (Å²) in [6.07, 6.45) is 6.13. The number of fused-ring (bicyclic) bond motifs is 2. The summed E-state index contributed by atoms with van der Waals surface area (Å²) in [4.78, 5) is 0. The molecule has 4 rings (SSSR count). The minimum Gasteiger partial charge on any atom is -1.00 e. The molecule has 0 unspecified atom stereocenters. The van der Waals surface area contributed by atoms with Crippen molar-refractivity contribution in [2.45, 2.75) is 59.0 Å². The number of benzene rings is 2. The van der Waals surface area contributed by atoms with Crippen LogP contribution in [0.15, 0.2) is 53.7 Å². The summed E-state index contributed by atoms with van der Waals surface area (Å²) in [5, 5.41) is 7.27. The summed E-state index contributed by atoms with van der Waals surface area (Å²) < 4.78 is 7.73. The van der Waals surface area contributed by atoms with Gasteiger partial charge in [0.25, 0.3) is 0 Å². The molecule has 2 aliphatic carbocycles. The van der Waals surface area contributed by atoms with Crippen molar-refractivity contribution in [3.63, 3.8) is 0 Å². The van der Waals surface area contributed by atoms with Crippen LogP contribution in [0.1, 0.15) is 31.4 Å². The first kappa shape index (κ1) is 29.7. The number of allylic oxidation sites excluding steroid dienone is 4. The summed E-state index contributed by atoms with van der Waals surface area (Å²) in [5.74, 6) is 0. The van der Waals surface area contributed by atoms with E-state index in [1.165, 1.54) is 77.2 Å². The first-order valence-corrected chi connectivity index (χ1v) is 19.6. The second-order valence-corrected chi connectivity index (χ2v) is 21.5. The Bertz CT molecular complexity index is 1360. The standard InChI is InChI=1S/C28H35OSi2.2ClH.Zr/c1-20(2)24-14-15-26-25-11-9-8-10-21(25)19-27(26)28(24)22-12-13-23(18-22)31(6,7)17-16-29-30(3,4)5;;;/h8-11,13-15,18H,12,16-17H2,1-7H3;2*1H;/q;;;+2/p-2. The number of hydrogen-bond acceptors (Lipinski definition) is 1. The van der Waals surface area contributed by atoms with Gasteiger partial charge in [0.05, 0.1) is 0 Å². The first-order valence-electron chi connectivity index (χ1n) is 11.7. The molecule has 0 heterocycles. The predicted octanol–water partition coefficient (Wildman–Crippen LogP) is 0.00138.